The summed E-state index contributed by atoms with van der Waals surface area (Å²) in [4.78, 5) is 29.7. The van der Waals surface area contributed by atoms with Crippen LogP contribution in [0.5, 0.6) is 11.5 Å². The number of fused-ring (bicyclic) bond motifs is 2. The van der Waals surface area contributed by atoms with Crippen molar-refractivity contribution in [3.8, 4) is 11.5 Å². The Kier molecular flexibility index (Phi) is 4.60. The van der Waals surface area contributed by atoms with Crippen molar-refractivity contribution in [2.45, 2.75) is 32.6 Å². The van der Waals surface area contributed by atoms with E-state index in [9.17, 15) is 9.59 Å². The largest absolute Gasteiger partial charge is 0.482 e. The molecule has 1 aliphatic heterocycles. The van der Waals surface area contributed by atoms with E-state index in [1.807, 2.05) is 19.1 Å². The molecule has 2 N–H and O–H groups in total. The summed E-state index contributed by atoms with van der Waals surface area (Å²) >= 11 is 0. The van der Waals surface area contributed by atoms with Gasteiger partial charge >= 0.3 is 0 Å². The highest BCUT2D eigenvalue weighted by molar-refractivity contribution is 5.83. The van der Waals surface area contributed by atoms with Gasteiger partial charge in [-0.25, -0.2) is 4.98 Å². The Bertz CT molecular complexity index is 1100. The topological polar surface area (TPSA) is 94.5 Å². The molecule has 0 aliphatic carbocycles. The molecule has 0 radical (unpaired) electrons. The molecule has 8 nitrogen and oxygen atoms in total. The molecular weight excluding hydrogens is 360 g/mol. The van der Waals surface area contributed by atoms with E-state index in [1.165, 1.54) is 4.57 Å². The number of ether oxygens (including phenoxy) is 2. The Morgan fingerprint density at radius 1 is 1.11 bits per heavy atom. The van der Waals surface area contributed by atoms with Crippen LogP contribution in [0.1, 0.15) is 13.8 Å². The van der Waals surface area contributed by atoms with Crippen LogP contribution >= 0.6 is 0 Å². The molecule has 1 aliphatic rings. The summed E-state index contributed by atoms with van der Waals surface area (Å²) in [5, 5.41) is 0.524. The van der Waals surface area contributed by atoms with Crippen molar-refractivity contribution in [3.05, 3.63) is 58.9 Å². The highest BCUT2D eigenvalue weighted by atomic mass is 16.6. The molecule has 0 spiro atoms. The number of hydrazine groups is 1. The third-order valence-electron chi connectivity index (χ3n) is 4.58. The maximum atomic E-state index is 12.6. The van der Waals surface area contributed by atoms with Gasteiger partial charge < -0.3 is 9.47 Å². The molecular formula is C20H20N4O4. The smallest absolute Gasteiger partial charge is 0.283 e. The molecule has 2 aromatic carbocycles. The summed E-state index contributed by atoms with van der Waals surface area (Å²) in [5.74, 6) is 0.939. The fourth-order valence-electron chi connectivity index (χ4n) is 3.15. The zero-order valence-electron chi connectivity index (χ0n) is 15.5. The Balaban J connectivity index is 1.55. The zero-order valence-corrected chi connectivity index (χ0v) is 15.5. The first-order chi connectivity index (χ1) is 13.6. The van der Waals surface area contributed by atoms with Crippen LogP contribution in [0.4, 0.5) is 5.95 Å². The summed E-state index contributed by atoms with van der Waals surface area (Å²) < 4.78 is 13.0. The Morgan fingerprint density at radius 3 is 2.54 bits per heavy atom. The predicted molar refractivity (Wildman–Crippen MR) is 104 cm³/mol. The van der Waals surface area contributed by atoms with Gasteiger partial charge in [0, 0.05) is 6.54 Å². The van der Waals surface area contributed by atoms with E-state index in [2.05, 4.69) is 15.8 Å². The molecule has 0 fully saturated rings. The second kappa shape index (κ2) is 7.22. The molecule has 8 heteroatoms. The average Bonchev–Trinajstić information content (AvgIpc) is 2.71. The Labute approximate surface area is 161 Å². The summed E-state index contributed by atoms with van der Waals surface area (Å²) in [7, 11) is 0. The summed E-state index contributed by atoms with van der Waals surface area (Å²) in [6, 6.07) is 14.3. The molecule has 0 bridgehead atoms. The number of hydrogen-bond acceptors (Lipinski definition) is 6. The molecule has 3 aromatic rings. The molecule has 0 saturated heterocycles. The number of para-hydroxylation sites is 3. The lowest BCUT2D eigenvalue weighted by Gasteiger charge is -2.31. The van der Waals surface area contributed by atoms with E-state index in [0.717, 1.165) is 0 Å². The molecule has 0 saturated carbocycles. The minimum Gasteiger partial charge on any atom is -0.482 e. The van der Waals surface area contributed by atoms with Crippen molar-refractivity contribution in [2.75, 3.05) is 5.43 Å². The van der Waals surface area contributed by atoms with E-state index in [1.54, 1.807) is 43.3 Å². The van der Waals surface area contributed by atoms with Gasteiger partial charge in [-0.1, -0.05) is 24.3 Å². The van der Waals surface area contributed by atoms with E-state index < -0.39 is 18.1 Å². The van der Waals surface area contributed by atoms with Gasteiger partial charge in [0.05, 0.1) is 10.9 Å². The van der Waals surface area contributed by atoms with Crippen LogP contribution in [0.3, 0.4) is 0 Å². The number of nitrogens with one attached hydrogen (secondary N) is 2. The van der Waals surface area contributed by atoms with E-state index >= 15 is 0 Å². The number of amides is 1. The van der Waals surface area contributed by atoms with Crippen LogP contribution in [-0.2, 0) is 11.3 Å². The van der Waals surface area contributed by atoms with Crippen molar-refractivity contribution in [3.63, 3.8) is 0 Å². The maximum Gasteiger partial charge on any atom is 0.283 e. The quantitative estimate of drug-likeness (QED) is 0.673. The lowest BCUT2D eigenvalue weighted by Crippen LogP contribution is -2.50. The monoisotopic (exact) mass is 380 g/mol. The molecule has 2 atom stereocenters. The zero-order chi connectivity index (χ0) is 19.7. The molecule has 1 amide bonds. The van der Waals surface area contributed by atoms with Crippen molar-refractivity contribution < 1.29 is 14.3 Å². The van der Waals surface area contributed by atoms with Crippen LogP contribution in [0.25, 0.3) is 10.9 Å². The number of carbonyl (C=O) groups excluding carboxylic acids is 1. The van der Waals surface area contributed by atoms with Gasteiger partial charge in [0.1, 0.15) is 6.10 Å². The normalized spacial score (nSPS) is 17.9. The van der Waals surface area contributed by atoms with Gasteiger partial charge in [0.15, 0.2) is 11.5 Å². The van der Waals surface area contributed by atoms with Gasteiger partial charge in [-0.3, -0.25) is 25.0 Å². The lowest BCUT2D eigenvalue weighted by atomic mass is 10.1. The number of rotatable bonds is 4. The van der Waals surface area contributed by atoms with Gasteiger partial charge in [-0.05, 0) is 38.1 Å². The Morgan fingerprint density at radius 2 is 1.79 bits per heavy atom. The molecule has 2 heterocycles. The van der Waals surface area contributed by atoms with Crippen molar-refractivity contribution in [2.24, 2.45) is 0 Å². The van der Waals surface area contributed by atoms with Crippen molar-refractivity contribution >= 4 is 22.8 Å². The maximum absolute atomic E-state index is 12.6. The van der Waals surface area contributed by atoms with Gasteiger partial charge in [0.25, 0.3) is 11.5 Å². The highest BCUT2D eigenvalue weighted by Gasteiger charge is 2.34. The van der Waals surface area contributed by atoms with Crippen LogP contribution in [-0.4, -0.2) is 27.7 Å². The number of anilines is 1. The molecule has 4 rings (SSSR count). The van der Waals surface area contributed by atoms with Crippen molar-refractivity contribution in [1.82, 2.24) is 15.0 Å². The third kappa shape index (κ3) is 3.13. The van der Waals surface area contributed by atoms with E-state index in [4.69, 9.17) is 9.47 Å². The second-order valence-electron chi connectivity index (χ2n) is 6.42. The first-order valence-electron chi connectivity index (χ1n) is 9.06. The number of nitrogens with zero attached hydrogens (tertiary/aromatic N) is 2. The highest BCUT2D eigenvalue weighted by Crippen LogP contribution is 2.33. The van der Waals surface area contributed by atoms with Crippen LogP contribution in [0.2, 0.25) is 0 Å². The first kappa shape index (κ1) is 17.8. The van der Waals surface area contributed by atoms with Gasteiger partial charge in [0.2, 0.25) is 12.1 Å². The summed E-state index contributed by atoms with van der Waals surface area (Å²) in [6.45, 7) is 4.00. The fourth-order valence-corrected chi connectivity index (χ4v) is 3.15. The number of carbonyl (C=O) groups is 1. The molecule has 144 valence electrons. The van der Waals surface area contributed by atoms with Crippen molar-refractivity contribution in [1.29, 1.82) is 0 Å². The van der Waals surface area contributed by atoms with Gasteiger partial charge in [-0.15, -0.1) is 0 Å². The second-order valence-corrected chi connectivity index (χ2v) is 6.42. The molecule has 1 aromatic heterocycles. The predicted octanol–water partition coefficient (Wildman–Crippen LogP) is 2.09. The minimum absolute atomic E-state index is 0.176. The first-order valence-corrected chi connectivity index (χ1v) is 9.06. The SMILES string of the molecule is CCn1c(NNC(=O)[C@H]2Oc3ccccc3O[C@H]2C)nc2ccccc2c1=O. The van der Waals surface area contributed by atoms with Gasteiger partial charge in [-0.2, -0.15) is 0 Å². The third-order valence-corrected chi connectivity index (χ3v) is 4.58. The van der Waals surface area contributed by atoms with Crippen LogP contribution in [0.15, 0.2) is 53.3 Å². The fraction of sp³-hybridized carbons (Fsp3) is 0.250. The lowest BCUT2D eigenvalue weighted by molar-refractivity contribution is -0.132. The van der Waals surface area contributed by atoms with Crippen LogP contribution < -0.4 is 25.9 Å². The summed E-state index contributed by atoms with van der Waals surface area (Å²) in [5.41, 5.74) is 5.71. The molecule has 0 unspecified atom stereocenters. The number of hydrogen-bond donors (Lipinski definition) is 2. The average molecular weight is 380 g/mol. The minimum atomic E-state index is -0.843. The summed E-state index contributed by atoms with van der Waals surface area (Å²) in [6.07, 6.45) is -1.32. The van der Waals surface area contributed by atoms with E-state index in [-0.39, 0.29) is 11.5 Å². The Hall–Kier alpha value is -3.55. The molecule has 28 heavy (non-hydrogen) atoms. The number of benzene rings is 2. The number of aromatic nitrogens is 2. The van der Waals surface area contributed by atoms with E-state index in [0.29, 0.717) is 28.9 Å². The standard InChI is InChI=1S/C20H20N4O4/c1-3-24-19(26)13-8-4-5-9-14(13)21-20(24)23-22-18(25)17-12(2)27-15-10-6-7-11-16(15)28-17/h4-12,17H,3H2,1-2H3,(H,21,23)(H,22,25)/t12-,17-/m0/s1. The van der Waals surface area contributed by atoms with Crippen LogP contribution in [0, 0.1) is 0 Å².